The third-order valence-corrected chi connectivity index (χ3v) is 3.92. The molecule has 0 aromatic heterocycles. The summed E-state index contributed by atoms with van der Waals surface area (Å²) in [6.45, 7) is 12.6. The zero-order chi connectivity index (χ0) is 16.7. The SMILES string of the molecule is C=C(C)CNC(N)=NCC(c1cccc(C)c1)N1CCOCC1.I. The molecule has 1 aromatic rings. The summed E-state index contributed by atoms with van der Waals surface area (Å²) in [5, 5.41) is 3.09. The van der Waals surface area contributed by atoms with E-state index in [1.807, 2.05) is 6.92 Å². The van der Waals surface area contributed by atoms with Gasteiger partial charge in [0.25, 0.3) is 0 Å². The predicted molar refractivity (Wildman–Crippen MR) is 111 cm³/mol. The number of nitrogens with zero attached hydrogens (tertiary/aromatic N) is 2. The van der Waals surface area contributed by atoms with Crippen molar-refractivity contribution in [1.29, 1.82) is 0 Å². The third-order valence-electron chi connectivity index (χ3n) is 3.92. The molecule has 1 aliphatic rings. The van der Waals surface area contributed by atoms with Gasteiger partial charge in [0.15, 0.2) is 5.96 Å². The van der Waals surface area contributed by atoms with E-state index in [-0.39, 0.29) is 30.0 Å². The van der Waals surface area contributed by atoms with Gasteiger partial charge in [-0.05, 0) is 19.4 Å². The van der Waals surface area contributed by atoms with Gasteiger partial charge in [0.05, 0.1) is 25.8 Å². The minimum Gasteiger partial charge on any atom is -0.379 e. The molecule has 0 bridgehead atoms. The fourth-order valence-electron chi connectivity index (χ4n) is 2.68. The van der Waals surface area contributed by atoms with Crippen molar-refractivity contribution < 1.29 is 4.74 Å². The number of halogens is 1. The Balaban J connectivity index is 0.00000288. The Hall–Kier alpha value is -1.12. The van der Waals surface area contributed by atoms with E-state index in [4.69, 9.17) is 10.5 Å². The van der Waals surface area contributed by atoms with Crippen molar-refractivity contribution in [1.82, 2.24) is 10.2 Å². The van der Waals surface area contributed by atoms with Gasteiger partial charge in [-0.3, -0.25) is 9.89 Å². The number of ether oxygens (including phenoxy) is 1. The molecule has 5 nitrogen and oxygen atoms in total. The molecular formula is C18H29IN4O. The summed E-state index contributed by atoms with van der Waals surface area (Å²) >= 11 is 0. The van der Waals surface area contributed by atoms with Crippen LogP contribution in [-0.4, -0.2) is 50.3 Å². The lowest BCUT2D eigenvalue weighted by Crippen LogP contribution is -2.41. The number of guanidine groups is 1. The molecule has 134 valence electrons. The lowest BCUT2D eigenvalue weighted by molar-refractivity contribution is 0.0180. The number of morpholine rings is 1. The van der Waals surface area contributed by atoms with Crippen LogP contribution in [0.25, 0.3) is 0 Å². The summed E-state index contributed by atoms with van der Waals surface area (Å²) in [7, 11) is 0. The van der Waals surface area contributed by atoms with Crippen LogP contribution in [0.5, 0.6) is 0 Å². The molecule has 1 saturated heterocycles. The summed E-state index contributed by atoms with van der Waals surface area (Å²) in [4.78, 5) is 6.96. The van der Waals surface area contributed by atoms with Gasteiger partial charge in [-0.2, -0.15) is 0 Å². The molecular weight excluding hydrogens is 415 g/mol. The van der Waals surface area contributed by atoms with Gasteiger partial charge < -0.3 is 15.8 Å². The molecule has 1 aromatic carbocycles. The molecule has 1 heterocycles. The van der Waals surface area contributed by atoms with Crippen LogP contribution in [-0.2, 0) is 4.74 Å². The van der Waals surface area contributed by atoms with Crippen molar-refractivity contribution in [3.8, 4) is 0 Å². The van der Waals surface area contributed by atoms with Gasteiger partial charge in [0.2, 0.25) is 0 Å². The van der Waals surface area contributed by atoms with Crippen LogP contribution in [0.15, 0.2) is 41.4 Å². The van der Waals surface area contributed by atoms with Crippen molar-refractivity contribution in [3.63, 3.8) is 0 Å². The third kappa shape index (κ3) is 6.78. The van der Waals surface area contributed by atoms with Crippen LogP contribution in [0.2, 0.25) is 0 Å². The smallest absolute Gasteiger partial charge is 0.188 e. The molecule has 6 heteroatoms. The van der Waals surface area contributed by atoms with Gasteiger partial charge in [-0.15, -0.1) is 24.0 Å². The lowest BCUT2D eigenvalue weighted by Gasteiger charge is -2.34. The van der Waals surface area contributed by atoms with Gasteiger partial charge in [0, 0.05) is 19.6 Å². The monoisotopic (exact) mass is 444 g/mol. The van der Waals surface area contributed by atoms with Crippen LogP contribution in [0.4, 0.5) is 0 Å². The normalized spacial score (nSPS) is 17.0. The number of aliphatic imine (C=N–C) groups is 1. The van der Waals surface area contributed by atoms with Gasteiger partial charge >= 0.3 is 0 Å². The zero-order valence-corrected chi connectivity index (χ0v) is 17.0. The zero-order valence-electron chi connectivity index (χ0n) is 14.6. The number of rotatable bonds is 6. The Morgan fingerprint density at radius 3 is 2.75 bits per heavy atom. The molecule has 1 unspecified atom stereocenters. The summed E-state index contributed by atoms with van der Waals surface area (Å²) in [6, 6.07) is 8.84. The lowest BCUT2D eigenvalue weighted by atomic mass is 10.0. The maximum atomic E-state index is 5.96. The van der Waals surface area contributed by atoms with Crippen molar-refractivity contribution >= 4 is 29.9 Å². The van der Waals surface area contributed by atoms with Crippen LogP contribution in [0.1, 0.15) is 24.1 Å². The Kier molecular flexibility index (Phi) is 9.31. The number of aryl methyl sites for hydroxylation is 1. The van der Waals surface area contributed by atoms with Crippen molar-refractivity contribution in [3.05, 3.63) is 47.5 Å². The number of nitrogens with one attached hydrogen (secondary N) is 1. The van der Waals surface area contributed by atoms with E-state index in [9.17, 15) is 0 Å². The van der Waals surface area contributed by atoms with E-state index in [1.54, 1.807) is 0 Å². The second kappa shape index (κ2) is 10.7. The second-order valence-electron chi connectivity index (χ2n) is 6.11. The molecule has 0 amide bonds. The number of hydrogen-bond acceptors (Lipinski definition) is 3. The van der Waals surface area contributed by atoms with Gasteiger partial charge in [-0.25, -0.2) is 0 Å². The molecule has 24 heavy (non-hydrogen) atoms. The Bertz CT molecular complexity index is 556. The Morgan fingerprint density at radius 1 is 1.42 bits per heavy atom. The van der Waals surface area contributed by atoms with Crippen LogP contribution in [0, 0.1) is 6.92 Å². The first-order valence-corrected chi connectivity index (χ1v) is 8.13. The number of benzene rings is 1. The minimum absolute atomic E-state index is 0. The highest BCUT2D eigenvalue weighted by Crippen LogP contribution is 2.23. The number of hydrogen-bond donors (Lipinski definition) is 2. The van der Waals surface area contributed by atoms with Crippen molar-refractivity contribution in [2.75, 3.05) is 39.4 Å². The fraction of sp³-hybridized carbons (Fsp3) is 0.500. The number of nitrogens with two attached hydrogens (primary N) is 1. The topological polar surface area (TPSA) is 62.9 Å². The Labute approximate surface area is 162 Å². The second-order valence-corrected chi connectivity index (χ2v) is 6.11. The van der Waals surface area contributed by atoms with E-state index in [2.05, 4.69) is 53.0 Å². The maximum Gasteiger partial charge on any atom is 0.188 e. The predicted octanol–water partition coefficient (Wildman–Crippen LogP) is 2.47. The molecule has 1 aliphatic heterocycles. The Morgan fingerprint density at radius 2 is 2.12 bits per heavy atom. The van der Waals surface area contributed by atoms with Gasteiger partial charge in [-0.1, -0.05) is 42.0 Å². The van der Waals surface area contributed by atoms with Crippen molar-refractivity contribution in [2.45, 2.75) is 19.9 Å². The van der Waals surface area contributed by atoms with Crippen molar-refractivity contribution in [2.24, 2.45) is 10.7 Å². The highest BCUT2D eigenvalue weighted by Gasteiger charge is 2.22. The molecule has 0 saturated carbocycles. The first-order chi connectivity index (χ1) is 11.1. The summed E-state index contributed by atoms with van der Waals surface area (Å²) in [5.74, 6) is 0.471. The van der Waals surface area contributed by atoms with Crippen LogP contribution in [0.3, 0.4) is 0 Å². The molecule has 3 N–H and O–H groups in total. The maximum absolute atomic E-state index is 5.96. The average molecular weight is 444 g/mol. The van der Waals surface area contributed by atoms with E-state index in [0.717, 1.165) is 31.9 Å². The standard InChI is InChI=1S/C18H28N4O.HI/c1-14(2)12-20-18(19)21-13-17(22-7-9-23-10-8-22)16-6-4-5-15(3)11-16;/h4-6,11,17H,1,7-10,12-13H2,2-3H3,(H3,19,20,21);1H. The molecule has 1 atom stereocenters. The highest BCUT2D eigenvalue weighted by molar-refractivity contribution is 14.0. The minimum atomic E-state index is 0. The first-order valence-electron chi connectivity index (χ1n) is 8.13. The largest absolute Gasteiger partial charge is 0.379 e. The highest BCUT2D eigenvalue weighted by atomic mass is 127. The summed E-state index contributed by atoms with van der Waals surface area (Å²) < 4.78 is 5.48. The van der Waals surface area contributed by atoms with Gasteiger partial charge in [0.1, 0.15) is 0 Å². The van der Waals surface area contributed by atoms with E-state index < -0.39 is 0 Å². The molecule has 0 aliphatic carbocycles. The summed E-state index contributed by atoms with van der Waals surface area (Å²) in [6.07, 6.45) is 0. The van der Waals surface area contributed by atoms with Crippen LogP contribution >= 0.6 is 24.0 Å². The van der Waals surface area contributed by atoms with E-state index >= 15 is 0 Å². The average Bonchev–Trinajstić information content (AvgIpc) is 2.54. The molecule has 2 rings (SSSR count). The summed E-state index contributed by atoms with van der Waals surface area (Å²) in [5.41, 5.74) is 9.54. The fourth-order valence-corrected chi connectivity index (χ4v) is 2.68. The first kappa shape index (κ1) is 20.9. The van der Waals surface area contributed by atoms with E-state index in [1.165, 1.54) is 11.1 Å². The quantitative estimate of drug-likeness (QED) is 0.306. The van der Waals surface area contributed by atoms with E-state index in [0.29, 0.717) is 19.0 Å². The molecule has 0 radical (unpaired) electrons. The molecule has 0 spiro atoms. The van der Waals surface area contributed by atoms with Crippen LogP contribution < -0.4 is 11.1 Å². The molecule has 1 fully saturated rings.